The van der Waals surface area contributed by atoms with Gasteiger partial charge in [-0.05, 0) is 55.5 Å². The maximum absolute atomic E-state index is 12.6. The number of carbonyl (C=O) groups is 1. The van der Waals surface area contributed by atoms with Crippen LogP contribution in [0.5, 0.6) is 0 Å². The number of nitrogens with zero attached hydrogens (tertiary/aromatic N) is 1. The second-order valence-corrected chi connectivity index (χ2v) is 8.15. The summed E-state index contributed by atoms with van der Waals surface area (Å²) in [6, 6.07) is 10.0. The Kier molecular flexibility index (Phi) is 5.57. The lowest BCUT2D eigenvalue weighted by molar-refractivity contribution is 0.0269. The molecule has 1 N–H and O–H groups in total. The summed E-state index contributed by atoms with van der Waals surface area (Å²) < 4.78 is 5.39. The zero-order chi connectivity index (χ0) is 17.9. The molecule has 1 aromatic carbocycles. The van der Waals surface area contributed by atoms with Crippen molar-refractivity contribution in [2.75, 3.05) is 32.8 Å². The van der Waals surface area contributed by atoms with E-state index < -0.39 is 0 Å². The third-order valence-electron chi connectivity index (χ3n) is 4.45. The van der Waals surface area contributed by atoms with E-state index in [4.69, 9.17) is 4.74 Å². The number of hydrogen-bond acceptors (Lipinski definition) is 4. The molecule has 1 fully saturated rings. The highest BCUT2D eigenvalue weighted by Gasteiger charge is 2.25. The molecule has 1 amide bonds. The average molecular weight is 359 g/mol. The second kappa shape index (κ2) is 7.68. The summed E-state index contributed by atoms with van der Waals surface area (Å²) in [5.41, 5.74) is 2.86. The fourth-order valence-electron chi connectivity index (χ4n) is 3.18. The van der Waals surface area contributed by atoms with E-state index in [2.05, 4.69) is 42.4 Å². The number of benzene rings is 1. The first kappa shape index (κ1) is 18.1. The van der Waals surface area contributed by atoms with E-state index >= 15 is 0 Å². The predicted molar refractivity (Wildman–Crippen MR) is 103 cm³/mol. The lowest BCUT2D eigenvalue weighted by Crippen LogP contribution is -2.53. The number of ether oxygens (including phenoxy) is 1. The summed E-state index contributed by atoms with van der Waals surface area (Å²) in [6.07, 6.45) is 0. The minimum absolute atomic E-state index is 0.0206. The molecule has 2 aromatic rings. The van der Waals surface area contributed by atoms with Crippen LogP contribution in [-0.4, -0.2) is 49.2 Å². The fourth-order valence-corrected chi connectivity index (χ4v) is 4.11. The van der Waals surface area contributed by atoms with Gasteiger partial charge in [0.15, 0.2) is 0 Å². The topological polar surface area (TPSA) is 41.6 Å². The van der Waals surface area contributed by atoms with Crippen LogP contribution < -0.4 is 5.32 Å². The van der Waals surface area contributed by atoms with Crippen LogP contribution in [-0.2, 0) is 4.74 Å². The number of thiophene rings is 1. The number of hydrogen-bond donors (Lipinski definition) is 1. The van der Waals surface area contributed by atoms with Crippen molar-refractivity contribution >= 4 is 17.2 Å². The van der Waals surface area contributed by atoms with E-state index in [1.807, 2.05) is 24.3 Å². The zero-order valence-corrected chi connectivity index (χ0v) is 16.0. The zero-order valence-electron chi connectivity index (χ0n) is 15.2. The molecule has 0 aliphatic carbocycles. The van der Waals surface area contributed by atoms with Crippen molar-refractivity contribution in [3.63, 3.8) is 0 Å². The Morgan fingerprint density at radius 1 is 1.20 bits per heavy atom. The van der Waals surface area contributed by atoms with Crippen molar-refractivity contribution in [1.82, 2.24) is 10.2 Å². The van der Waals surface area contributed by atoms with Crippen LogP contribution in [0.3, 0.4) is 0 Å². The lowest BCUT2D eigenvalue weighted by atomic mass is 10.0. The summed E-state index contributed by atoms with van der Waals surface area (Å²) in [5, 5.41) is 5.26. The molecule has 0 atom stereocenters. The van der Waals surface area contributed by atoms with E-state index in [-0.39, 0.29) is 11.4 Å². The first-order chi connectivity index (χ1) is 11.9. The van der Waals surface area contributed by atoms with Gasteiger partial charge in [-0.1, -0.05) is 12.1 Å². The Morgan fingerprint density at radius 2 is 1.88 bits per heavy atom. The smallest absolute Gasteiger partial charge is 0.251 e. The number of nitrogens with one attached hydrogen (secondary N) is 1. The summed E-state index contributed by atoms with van der Waals surface area (Å²) in [5.74, 6) is -0.0206. The third kappa shape index (κ3) is 4.69. The van der Waals surface area contributed by atoms with E-state index in [0.717, 1.165) is 38.4 Å². The molecule has 0 saturated carbocycles. The first-order valence-corrected chi connectivity index (χ1v) is 9.60. The molecule has 0 radical (unpaired) electrons. The standard InChI is InChI=1S/C20H26N2O2S/c1-15-8-13-25-18(15)16-4-6-17(7-5-16)19(23)21-20(2,3)14-22-9-11-24-12-10-22/h4-8,13H,9-12,14H2,1-3H3,(H,21,23). The number of carbonyl (C=O) groups excluding carboxylic acids is 1. The maximum atomic E-state index is 12.6. The van der Waals surface area contributed by atoms with Crippen molar-refractivity contribution < 1.29 is 9.53 Å². The van der Waals surface area contributed by atoms with Crippen LogP contribution in [0.25, 0.3) is 10.4 Å². The number of aryl methyl sites for hydroxylation is 1. The minimum Gasteiger partial charge on any atom is -0.379 e. The number of morpholine rings is 1. The van der Waals surface area contributed by atoms with Crippen molar-refractivity contribution in [3.8, 4) is 10.4 Å². The molecule has 0 unspecified atom stereocenters. The van der Waals surface area contributed by atoms with Crippen LogP contribution in [0.4, 0.5) is 0 Å². The highest BCUT2D eigenvalue weighted by Crippen LogP contribution is 2.29. The van der Waals surface area contributed by atoms with Gasteiger partial charge in [-0.3, -0.25) is 9.69 Å². The van der Waals surface area contributed by atoms with E-state index in [9.17, 15) is 4.79 Å². The molecule has 1 aliphatic rings. The van der Waals surface area contributed by atoms with Gasteiger partial charge in [-0.25, -0.2) is 0 Å². The number of amides is 1. The van der Waals surface area contributed by atoms with Gasteiger partial charge in [0.2, 0.25) is 0 Å². The van der Waals surface area contributed by atoms with Crippen molar-refractivity contribution in [1.29, 1.82) is 0 Å². The third-order valence-corrected chi connectivity index (χ3v) is 5.51. The van der Waals surface area contributed by atoms with Crippen LogP contribution in [0.1, 0.15) is 29.8 Å². The van der Waals surface area contributed by atoms with E-state index in [1.54, 1.807) is 11.3 Å². The molecule has 0 spiro atoms. The average Bonchev–Trinajstić information content (AvgIpc) is 3.01. The van der Waals surface area contributed by atoms with Gasteiger partial charge in [0.25, 0.3) is 5.91 Å². The molecule has 3 rings (SSSR count). The molecule has 5 heteroatoms. The molecular weight excluding hydrogens is 332 g/mol. The van der Waals surface area contributed by atoms with E-state index in [1.165, 1.54) is 10.4 Å². The highest BCUT2D eigenvalue weighted by atomic mass is 32.1. The van der Waals surface area contributed by atoms with Crippen molar-refractivity contribution in [2.45, 2.75) is 26.3 Å². The quantitative estimate of drug-likeness (QED) is 0.888. The summed E-state index contributed by atoms with van der Waals surface area (Å²) in [7, 11) is 0. The van der Waals surface area contributed by atoms with Gasteiger partial charge in [-0.2, -0.15) is 0 Å². The van der Waals surface area contributed by atoms with Gasteiger partial charge in [0.05, 0.1) is 13.2 Å². The molecule has 1 aromatic heterocycles. The lowest BCUT2D eigenvalue weighted by Gasteiger charge is -2.35. The van der Waals surface area contributed by atoms with Crippen molar-refractivity contribution in [3.05, 3.63) is 46.8 Å². The second-order valence-electron chi connectivity index (χ2n) is 7.24. The Hall–Kier alpha value is -1.69. The van der Waals surface area contributed by atoms with Crippen molar-refractivity contribution in [2.24, 2.45) is 0 Å². The Labute approximate surface area is 153 Å². The van der Waals surface area contributed by atoms with E-state index in [0.29, 0.717) is 5.56 Å². The molecule has 1 aliphatic heterocycles. The molecule has 0 bridgehead atoms. The number of rotatable bonds is 5. The fraction of sp³-hybridized carbons (Fsp3) is 0.450. The summed E-state index contributed by atoms with van der Waals surface area (Å²) >= 11 is 1.73. The Balaban J connectivity index is 1.63. The SMILES string of the molecule is Cc1ccsc1-c1ccc(C(=O)NC(C)(C)CN2CCOCC2)cc1. The molecule has 134 valence electrons. The molecular formula is C20H26N2O2S. The Morgan fingerprint density at radius 3 is 2.48 bits per heavy atom. The maximum Gasteiger partial charge on any atom is 0.251 e. The largest absolute Gasteiger partial charge is 0.379 e. The van der Waals surface area contributed by atoms with Gasteiger partial charge in [-0.15, -0.1) is 11.3 Å². The van der Waals surface area contributed by atoms with Gasteiger partial charge >= 0.3 is 0 Å². The van der Waals surface area contributed by atoms with Crippen LogP contribution >= 0.6 is 11.3 Å². The molecule has 25 heavy (non-hydrogen) atoms. The predicted octanol–water partition coefficient (Wildman–Crippen LogP) is 3.56. The van der Waals surface area contributed by atoms with Gasteiger partial charge in [0.1, 0.15) is 0 Å². The van der Waals surface area contributed by atoms with Crippen LogP contribution in [0, 0.1) is 6.92 Å². The van der Waals surface area contributed by atoms with Gasteiger partial charge in [0, 0.05) is 35.6 Å². The summed E-state index contributed by atoms with van der Waals surface area (Å²) in [4.78, 5) is 16.2. The van der Waals surface area contributed by atoms with Crippen LogP contribution in [0.15, 0.2) is 35.7 Å². The monoisotopic (exact) mass is 358 g/mol. The highest BCUT2D eigenvalue weighted by molar-refractivity contribution is 7.13. The molecule has 1 saturated heterocycles. The normalized spacial score (nSPS) is 16.0. The van der Waals surface area contributed by atoms with Crippen LogP contribution in [0.2, 0.25) is 0 Å². The molecule has 4 nitrogen and oxygen atoms in total. The minimum atomic E-state index is -0.280. The van der Waals surface area contributed by atoms with Gasteiger partial charge < -0.3 is 10.1 Å². The Bertz CT molecular complexity index is 716. The molecule has 2 heterocycles. The first-order valence-electron chi connectivity index (χ1n) is 8.72. The summed E-state index contributed by atoms with van der Waals surface area (Å²) in [6.45, 7) is 10.5.